The van der Waals surface area contributed by atoms with Crippen molar-refractivity contribution < 1.29 is 31.9 Å². The number of benzene rings is 1. The predicted molar refractivity (Wildman–Crippen MR) is 101 cm³/mol. The topological polar surface area (TPSA) is 105 Å². The Morgan fingerprint density at radius 1 is 1.22 bits per heavy atom. The third-order valence-electron chi connectivity index (χ3n) is 5.41. The van der Waals surface area contributed by atoms with E-state index in [0.717, 1.165) is 17.0 Å². The molecule has 2 aliphatic rings. The minimum absolute atomic E-state index is 0.0357. The summed E-state index contributed by atoms with van der Waals surface area (Å²) in [6.45, 7) is 0.271. The number of cyclic esters (lactones) is 1. The Morgan fingerprint density at radius 2 is 1.91 bits per heavy atom. The molecule has 0 bridgehead atoms. The van der Waals surface area contributed by atoms with Crippen LogP contribution >= 0.6 is 0 Å². The van der Waals surface area contributed by atoms with Crippen molar-refractivity contribution >= 4 is 23.4 Å². The highest BCUT2D eigenvalue weighted by Gasteiger charge is 2.34. The highest BCUT2D eigenvalue weighted by molar-refractivity contribution is 5.90. The van der Waals surface area contributed by atoms with Crippen molar-refractivity contribution in [1.82, 2.24) is 25.5 Å². The smallest absolute Gasteiger partial charge is 0.414 e. The lowest BCUT2D eigenvalue weighted by Crippen LogP contribution is -2.37. The summed E-state index contributed by atoms with van der Waals surface area (Å²) in [4.78, 5) is 25.6. The molecule has 0 aliphatic carbocycles. The highest BCUT2D eigenvalue weighted by Crippen LogP contribution is 2.33. The standard InChI is InChI=1S/C18H19F4N7O3/c19-13-5-11(28-8-12(32-18(28)31)7-23-17(30)16(21)22)6-14(20)15(13)27-3-1-10(2-4-27)29-9-24-25-26-29/h5-6,9-10,12,16H,1-4,7-8H2,(H,23,30)/t12-/m0/s1. The minimum atomic E-state index is -3.20. The molecular formula is C18H19F4N7O3. The number of carbonyl (C=O) groups is 2. The van der Waals surface area contributed by atoms with Gasteiger partial charge in [-0.15, -0.1) is 5.10 Å². The van der Waals surface area contributed by atoms with E-state index in [1.165, 1.54) is 6.33 Å². The van der Waals surface area contributed by atoms with E-state index < -0.39 is 36.2 Å². The molecule has 1 N–H and O–H groups in total. The van der Waals surface area contributed by atoms with Gasteiger partial charge in [-0.1, -0.05) is 0 Å². The third kappa shape index (κ3) is 4.43. The zero-order valence-corrected chi connectivity index (χ0v) is 16.6. The molecule has 2 saturated heterocycles. The number of alkyl halides is 2. The van der Waals surface area contributed by atoms with Crippen molar-refractivity contribution in [3.8, 4) is 0 Å². The zero-order chi connectivity index (χ0) is 22.8. The Balaban J connectivity index is 1.42. The molecule has 2 aromatic rings. The molecule has 2 fully saturated rings. The summed E-state index contributed by atoms with van der Waals surface area (Å²) in [6.07, 6.45) is -2.34. The average Bonchev–Trinajstić information content (AvgIpc) is 3.42. The maximum absolute atomic E-state index is 14.8. The Morgan fingerprint density at radius 3 is 2.50 bits per heavy atom. The molecule has 2 amide bonds. The van der Waals surface area contributed by atoms with E-state index >= 15 is 0 Å². The molecule has 2 aliphatic heterocycles. The van der Waals surface area contributed by atoms with Crippen LogP contribution < -0.4 is 15.1 Å². The van der Waals surface area contributed by atoms with E-state index in [4.69, 9.17) is 4.74 Å². The summed E-state index contributed by atoms with van der Waals surface area (Å²) in [6, 6.07) is 2.08. The van der Waals surface area contributed by atoms with E-state index in [2.05, 4.69) is 15.5 Å². The summed E-state index contributed by atoms with van der Waals surface area (Å²) >= 11 is 0. The van der Waals surface area contributed by atoms with Crippen molar-refractivity contribution in [3.05, 3.63) is 30.1 Å². The fraction of sp³-hybridized carbons (Fsp3) is 0.500. The summed E-state index contributed by atoms with van der Waals surface area (Å²) in [7, 11) is 0. The average molecular weight is 457 g/mol. The normalized spacial score (nSPS) is 19.5. The number of nitrogens with zero attached hydrogens (tertiary/aromatic N) is 6. The van der Waals surface area contributed by atoms with Gasteiger partial charge in [-0.05, 0) is 23.3 Å². The number of carbonyl (C=O) groups excluding carboxylic acids is 2. The van der Waals surface area contributed by atoms with Gasteiger partial charge in [0.2, 0.25) is 0 Å². The monoisotopic (exact) mass is 457 g/mol. The van der Waals surface area contributed by atoms with E-state index in [9.17, 15) is 27.2 Å². The van der Waals surface area contributed by atoms with Gasteiger partial charge < -0.3 is 15.0 Å². The van der Waals surface area contributed by atoms with Crippen LogP contribution in [0, 0.1) is 11.6 Å². The largest absolute Gasteiger partial charge is 0.442 e. The van der Waals surface area contributed by atoms with Gasteiger partial charge in [-0.3, -0.25) is 9.69 Å². The molecule has 32 heavy (non-hydrogen) atoms. The van der Waals surface area contributed by atoms with Crippen LogP contribution in [0.25, 0.3) is 0 Å². The van der Waals surface area contributed by atoms with Gasteiger partial charge in [-0.25, -0.2) is 18.3 Å². The maximum Gasteiger partial charge on any atom is 0.414 e. The van der Waals surface area contributed by atoms with E-state index in [-0.39, 0.29) is 30.5 Å². The number of halogens is 4. The first-order valence-corrected chi connectivity index (χ1v) is 9.84. The molecule has 0 radical (unpaired) electrons. The van der Waals surface area contributed by atoms with Crippen molar-refractivity contribution in [2.45, 2.75) is 31.4 Å². The van der Waals surface area contributed by atoms with Crippen LogP contribution in [0.3, 0.4) is 0 Å². The van der Waals surface area contributed by atoms with Gasteiger partial charge in [-0.2, -0.15) is 8.78 Å². The number of tetrazole rings is 1. The molecule has 1 aromatic heterocycles. The number of amides is 2. The van der Waals surface area contributed by atoms with Crippen LogP contribution in [0.2, 0.25) is 0 Å². The van der Waals surface area contributed by atoms with Crippen molar-refractivity contribution in [3.63, 3.8) is 0 Å². The van der Waals surface area contributed by atoms with Crippen molar-refractivity contribution in [2.24, 2.45) is 0 Å². The number of ether oxygens (including phenoxy) is 1. The summed E-state index contributed by atoms with van der Waals surface area (Å²) in [5.74, 6) is -3.18. The lowest BCUT2D eigenvalue weighted by atomic mass is 10.0. The number of piperidine rings is 1. The quantitative estimate of drug-likeness (QED) is 0.656. The first-order valence-electron chi connectivity index (χ1n) is 9.84. The molecule has 172 valence electrons. The van der Waals surface area contributed by atoms with Gasteiger partial charge in [0.05, 0.1) is 24.8 Å². The van der Waals surface area contributed by atoms with Gasteiger partial charge in [0.15, 0.2) is 11.6 Å². The minimum Gasteiger partial charge on any atom is -0.442 e. The number of hydrogen-bond donors (Lipinski definition) is 1. The number of hydrogen-bond acceptors (Lipinski definition) is 7. The Kier molecular flexibility index (Phi) is 6.10. The summed E-state index contributed by atoms with van der Waals surface area (Å²) in [5.41, 5.74) is -0.266. The molecule has 3 heterocycles. The lowest BCUT2D eigenvalue weighted by Gasteiger charge is -2.33. The Labute approximate surface area is 179 Å². The van der Waals surface area contributed by atoms with E-state index in [0.29, 0.717) is 25.9 Å². The second-order valence-corrected chi connectivity index (χ2v) is 7.43. The van der Waals surface area contributed by atoms with Gasteiger partial charge >= 0.3 is 12.5 Å². The fourth-order valence-electron chi connectivity index (χ4n) is 3.83. The molecule has 1 atom stereocenters. The van der Waals surface area contributed by atoms with Crippen LogP contribution in [0.1, 0.15) is 18.9 Å². The molecule has 14 heteroatoms. The zero-order valence-electron chi connectivity index (χ0n) is 16.6. The molecule has 0 saturated carbocycles. The SMILES string of the molecule is O=C(NC[C@H]1CN(c2cc(F)c(N3CCC(n4cnnn4)CC3)c(F)c2)C(=O)O1)C(F)F. The molecule has 0 spiro atoms. The van der Waals surface area contributed by atoms with E-state index in [1.807, 2.05) is 5.32 Å². The van der Waals surface area contributed by atoms with Gasteiger partial charge in [0.1, 0.15) is 18.1 Å². The van der Waals surface area contributed by atoms with Crippen LogP contribution in [0.4, 0.5) is 33.7 Å². The maximum atomic E-state index is 14.8. The Bertz CT molecular complexity index is 960. The van der Waals surface area contributed by atoms with Crippen molar-refractivity contribution in [1.29, 1.82) is 0 Å². The Hall–Kier alpha value is -3.45. The first kappa shape index (κ1) is 21.8. The number of anilines is 2. The molecule has 4 rings (SSSR count). The van der Waals surface area contributed by atoms with E-state index in [1.54, 1.807) is 9.58 Å². The lowest BCUT2D eigenvalue weighted by molar-refractivity contribution is -0.132. The number of aromatic nitrogens is 4. The second kappa shape index (κ2) is 8.96. The summed E-state index contributed by atoms with van der Waals surface area (Å²) < 4.78 is 60.8. The van der Waals surface area contributed by atoms with Crippen LogP contribution in [-0.2, 0) is 9.53 Å². The molecular weight excluding hydrogens is 438 g/mol. The van der Waals surface area contributed by atoms with Gasteiger partial charge in [0.25, 0.3) is 5.91 Å². The molecule has 0 unspecified atom stereocenters. The van der Waals surface area contributed by atoms with Crippen LogP contribution in [0.5, 0.6) is 0 Å². The van der Waals surface area contributed by atoms with Crippen LogP contribution in [-0.4, -0.2) is 70.9 Å². The van der Waals surface area contributed by atoms with Crippen LogP contribution in [0.15, 0.2) is 18.5 Å². The van der Waals surface area contributed by atoms with Gasteiger partial charge in [0, 0.05) is 25.2 Å². The fourth-order valence-corrected chi connectivity index (χ4v) is 3.83. The molecule has 10 nitrogen and oxygen atoms in total. The third-order valence-corrected chi connectivity index (χ3v) is 5.41. The second-order valence-electron chi connectivity index (χ2n) is 7.43. The first-order chi connectivity index (χ1) is 15.3. The number of rotatable bonds is 6. The highest BCUT2D eigenvalue weighted by atomic mass is 19.3. The number of nitrogens with one attached hydrogen (secondary N) is 1. The van der Waals surface area contributed by atoms with Crippen molar-refractivity contribution in [2.75, 3.05) is 36.0 Å². The summed E-state index contributed by atoms with van der Waals surface area (Å²) in [5, 5.41) is 13.0. The molecule has 1 aromatic carbocycles. The predicted octanol–water partition coefficient (Wildman–Crippen LogP) is 1.50.